The molecule has 1 atom stereocenters. The van der Waals surface area contributed by atoms with E-state index in [4.69, 9.17) is 4.74 Å². The van der Waals surface area contributed by atoms with Crippen LogP contribution in [0.3, 0.4) is 0 Å². The second kappa shape index (κ2) is 8.16. The van der Waals surface area contributed by atoms with Gasteiger partial charge in [0.05, 0.1) is 17.5 Å². The molecule has 30 heavy (non-hydrogen) atoms. The van der Waals surface area contributed by atoms with E-state index in [-0.39, 0.29) is 0 Å². The molecule has 2 N–H and O–H groups in total. The topological polar surface area (TPSA) is 88.6 Å². The average molecular weight is 417 g/mol. The van der Waals surface area contributed by atoms with Crippen LogP contribution in [0.25, 0.3) is 22.5 Å². The highest BCUT2D eigenvalue weighted by atomic mass is 32.2. The number of nitrogens with zero attached hydrogens (tertiary/aromatic N) is 4. The van der Waals surface area contributed by atoms with Gasteiger partial charge in [-0.2, -0.15) is 10.1 Å². The van der Waals surface area contributed by atoms with Crippen LogP contribution in [-0.4, -0.2) is 31.1 Å². The zero-order valence-electron chi connectivity index (χ0n) is 16.4. The Morgan fingerprint density at radius 1 is 1.03 bits per heavy atom. The fourth-order valence-electron chi connectivity index (χ4n) is 3.37. The van der Waals surface area contributed by atoms with Crippen LogP contribution in [0.15, 0.2) is 66.0 Å². The summed E-state index contributed by atoms with van der Waals surface area (Å²) in [5.74, 6) is 1.39. The molecule has 0 radical (unpaired) electrons. The monoisotopic (exact) mass is 416 g/mol. The van der Waals surface area contributed by atoms with Crippen LogP contribution in [0.4, 0.5) is 5.69 Å². The summed E-state index contributed by atoms with van der Waals surface area (Å²) < 4.78 is 6.37. The summed E-state index contributed by atoms with van der Waals surface area (Å²) in [5, 5.41) is 20.2. The summed E-state index contributed by atoms with van der Waals surface area (Å²) in [5.41, 5.74) is 5.28. The van der Waals surface area contributed by atoms with E-state index in [2.05, 4.69) is 37.6 Å². The first-order valence-corrected chi connectivity index (χ1v) is 10.8. The summed E-state index contributed by atoms with van der Waals surface area (Å²) in [4.78, 5) is 4.67. The van der Waals surface area contributed by atoms with Gasteiger partial charge in [-0.1, -0.05) is 67.2 Å². The Balaban J connectivity index is 1.59. The lowest BCUT2D eigenvalue weighted by atomic mass is 10.1. The number of aromatic amines is 1. The minimum Gasteiger partial charge on any atom is -0.448 e. The molecule has 3 heterocycles. The van der Waals surface area contributed by atoms with E-state index in [0.29, 0.717) is 16.7 Å². The Hall–Kier alpha value is -3.39. The van der Waals surface area contributed by atoms with Gasteiger partial charge in [-0.05, 0) is 12.5 Å². The molecule has 0 amide bonds. The average Bonchev–Trinajstić information content (AvgIpc) is 3.22. The highest BCUT2D eigenvalue weighted by Crippen LogP contribution is 2.40. The zero-order chi connectivity index (χ0) is 20.3. The molecule has 2 aromatic carbocycles. The molecule has 2 aromatic heterocycles. The van der Waals surface area contributed by atoms with E-state index < -0.39 is 6.23 Å². The fourth-order valence-corrected chi connectivity index (χ4v) is 4.01. The molecule has 0 aliphatic carbocycles. The van der Waals surface area contributed by atoms with Crippen molar-refractivity contribution in [2.75, 3.05) is 11.1 Å². The van der Waals surface area contributed by atoms with Gasteiger partial charge in [-0.25, -0.2) is 0 Å². The van der Waals surface area contributed by atoms with Gasteiger partial charge >= 0.3 is 0 Å². The maximum Gasteiger partial charge on any atom is 0.247 e. The maximum absolute atomic E-state index is 6.37. The molecule has 1 aliphatic rings. The van der Waals surface area contributed by atoms with Crippen LogP contribution in [0.2, 0.25) is 0 Å². The molecule has 0 bridgehead atoms. The zero-order valence-corrected chi connectivity index (χ0v) is 17.2. The Morgan fingerprint density at radius 2 is 1.87 bits per heavy atom. The summed E-state index contributed by atoms with van der Waals surface area (Å²) in [6.07, 6.45) is 2.34. The van der Waals surface area contributed by atoms with Gasteiger partial charge in [0, 0.05) is 22.6 Å². The van der Waals surface area contributed by atoms with Crippen molar-refractivity contribution in [3.05, 3.63) is 66.4 Å². The molecule has 0 fully saturated rings. The molecule has 1 unspecified atom stereocenters. The summed E-state index contributed by atoms with van der Waals surface area (Å²) in [6.45, 7) is 2.13. The van der Waals surface area contributed by atoms with Crippen molar-refractivity contribution in [3.8, 4) is 28.4 Å². The van der Waals surface area contributed by atoms with E-state index >= 15 is 0 Å². The van der Waals surface area contributed by atoms with Crippen molar-refractivity contribution in [2.45, 2.75) is 24.7 Å². The van der Waals surface area contributed by atoms with E-state index in [0.717, 1.165) is 40.2 Å². The minimum absolute atomic E-state index is 0.464. The Bertz CT molecular complexity index is 1160. The predicted molar refractivity (Wildman–Crippen MR) is 117 cm³/mol. The van der Waals surface area contributed by atoms with Gasteiger partial charge in [0.25, 0.3) is 0 Å². The Kier molecular flexibility index (Phi) is 5.06. The van der Waals surface area contributed by atoms with Gasteiger partial charge in [-0.3, -0.25) is 5.10 Å². The molecule has 4 aromatic rings. The summed E-state index contributed by atoms with van der Waals surface area (Å²) in [6, 6.07) is 18.0. The fraction of sp³-hybridized carbons (Fsp3) is 0.182. The van der Waals surface area contributed by atoms with Crippen molar-refractivity contribution in [2.24, 2.45) is 0 Å². The number of thioether (sulfide) groups is 1. The minimum atomic E-state index is -0.484. The molecule has 0 spiro atoms. The smallest absolute Gasteiger partial charge is 0.247 e. The Labute approximate surface area is 178 Å². The number of hydrogen-bond acceptors (Lipinski definition) is 7. The van der Waals surface area contributed by atoms with Crippen molar-refractivity contribution in [3.63, 3.8) is 0 Å². The van der Waals surface area contributed by atoms with E-state index in [1.807, 2.05) is 54.6 Å². The lowest BCUT2D eigenvalue weighted by Gasteiger charge is -2.19. The van der Waals surface area contributed by atoms with Crippen LogP contribution in [-0.2, 0) is 0 Å². The third-order valence-electron chi connectivity index (χ3n) is 4.78. The third kappa shape index (κ3) is 3.50. The number of fused-ring (bicyclic) bond motifs is 3. The number of H-pyrrole nitrogens is 1. The van der Waals surface area contributed by atoms with Gasteiger partial charge in [0.15, 0.2) is 5.69 Å². The van der Waals surface area contributed by atoms with E-state index in [1.165, 1.54) is 0 Å². The van der Waals surface area contributed by atoms with Crippen molar-refractivity contribution in [1.82, 2.24) is 25.4 Å². The molecule has 0 saturated carbocycles. The lowest BCUT2D eigenvalue weighted by Crippen LogP contribution is -2.17. The largest absolute Gasteiger partial charge is 0.448 e. The van der Waals surface area contributed by atoms with Gasteiger partial charge in [0.2, 0.25) is 17.3 Å². The predicted octanol–water partition coefficient (Wildman–Crippen LogP) is 4.93. The first kappa shape index (κ1) is 18.6. The van der Waals surface area contributed by atoms with Gasteiger partial charge in [0.1, 0.15) is 0 Å². The lowest BCUT2D eigenvalue weighted by molar-refractivity contribution is 0.226. The van der Waals surface area contributed by atoms with Crippen LogP contribution >= 0.6 is 11.8 Å². The highest BCUT2D eigenvalue weighted by molar-refractivity contribution is 7.99. The quantitative estimate of drug-likeness (QED) is 0.446. The maximum atomic E-state index is 6.37. The number of anilines is 1. The molecule has 5 rings (SSSR count). The van der Waals surface area contributed by atoms with E-state index in [1.54, 1.807) is 18.0 Å². The molecule has 0 saturated heterocycles. The molecule has 7 nitrogen and oxygen atoms in total. The molecular weight excluding hydrogens is 396 g/mol. The number of ether oxygens (including phenoxy) is 1. The number of para-hydroxylation sites is 1. The van der Waals surface area contributed by atoms with Crippen molar-refractivity contribution < 1.29 is 4.74 Å². The molecule has 1 aliphatic heterocycles. The molecule has 150 valence electrons. The second-order valence-corrected chi connectivity index (χ2v) is 7.91. The third-order valence-corrected chi connectivity index (χ3v) is 5.83. The van der Waals surface area contributed by atoms with Crippen LogP contribution < -0.4 is 10.1 Å². The van der Waals surface area contributed by atoms with Gasteiger partial charge in [-0.15, -0.1) is 10.2 Å². The number of nitrogens with one attached hydrogen (secondary N) is 2. The number of benzene rings is 2. The van der Waals surface area contributed by atoms with Crippen molar-refractivity contribution >= 4 is 17.4 Å². The Morgan fingerprint density at radius 3 is 2.73 bits per heavy atom. The normalized spacial score (nSPS) is 14.8. The van der Waals surface area contributed by atoms with Crippen LogP contribution in [0.1, 0.15) is 25.1 Å². The van der Waals surface area contributed by atoms with Crippen molar-refractivity contribution in [1.29, 1.82) is 0 Å². The highest BCUT2D eigenvalue weighted by Gasteiger charge is 2.28. The number of rotatable bonds is 5. The van der Waals surface area contributed by atoms with Crippen LogP contribution in [0, 0.1) is 0 Å². The van der Waals surface area contributed by atoms with E-state index in [9.17, 15) is 0 Å². The second-order valence-electron chi connectivity index (χ2n) is 6.85. The standard InChI is InChI=1S/C22H20N6OS/c1-2-12-30-22-25-21-19(27-28-22)15-10-6-7-11-17(15)24-20(29-21)16-13-23-26-18(16)14-8-4-3-5-9-14/h3-11,13,20,24H,2,12H2,1H3,(H,23,26). The van der Waals surface area contributed by atoms with Crippen LogP contribution in [0.5, 0.6) is 5.88 Å². The molecular formula is C22H20N6OS. The SMILES string of the molecule is CCCSc1nnc2c(n1)OC(c1cn[nH]c1-c1ccccc1)Nc1ccccc1-2. The first-order valence-electron chi connectivity index (χ1n) is 9.82. The number of hydrogen-bond donors (Lipinski definition) is 2. The first-order chi connectivity index (χ1) is 14.8. The number of aromatic nitrogens is 5. The summed E-state index contributed by atoms with van der Waals surface area (Å²) >= 11 is 1.58. The van der Waals surface area contributed by atoms with Gasteiger partial charge < -0.3 is 10.1 Å². The molecule has 8 heteroatoms. The summed E-state index contributed by atoms with van der Waals surface area (Å²) in [7, 11) is 0.